The number of nitrogens with zero attached hydrogens (tertiary/aromatic N) is 1. The predicted molar refractivity (Wildman–Crippen MR) is 89.3 cm³/mol. The summed E-state index contributed by atoms with van der Waals surface area (Å²) in [5.74, 6) is -0.642. The maximum Gasteiger partial charge on any atom is 0.213 e. The molecule has 1 heterocycles. The van der Waals surface area contributed by atoms with Crippen molar-refractivity contribution in [1.29, 1.82) is 0 Å². The van der Waals surface area contributed by atoms with Gasteiger partial charge in [-0.05, 0) is 13.8 Å². The molecule has 120 valence electrons. The molecule has 4 heteroatoms. The van der Waals surface area contributed by atoms with E-state index >= 15 is 0 Å². The lowest BCUT2D eigenvalue weighted by molar-refractivity contribution is -0.494. The van der Waals surface area contributed by atoms with Crippen LogP contribution in [-0.4, -0.2) is 29.5 Å². The lowest BCUT2D eigenvalue weighted by atomic mass is 9.99. The second-order valence-corrected chi connectivity index (χ2v) is 6.10. The number of hydroxylamine groups is 1. The number of ether oxygens (including phenoxy) is 2. The SMILES string of the molecule is CC1(C)OC[C@H](/C=[N+](\[O-])C(c2ccccc2)c2ccccc2)O1. The Bertz CT molecular complexity index is 628. The molecule has 0 unspecified atom stereocenters. The van der Waals surface area contributed by atoms with Crippen LogP contribution in [0, 0.1) is 5.21 Å². The van der Waals surface area contributed by atoms with Crippen molar-refractivity contribution >= 4 is 6.21 Å². The van der Waals surface area contributed by atoms with E-state index in [1.807, 2.05) is 74.5 Å². The van der Waals surface area contributed by atoms with Gasteiger partial charge in [0.15, 0.2) is 18.1 Å². The molecule has 0 bridgehead atoms. The highest BCUT2D eigenvalue weighted by molar-refractivity contribution is 5.59. The number of hydrogen-bond donors (Lipinski definition) is 0. The summed E-state index contributed by atoms with van der Waals surface area (Å²) in [4.78, 5) is 0. The van der Waals surface area contributed by atoms with Crippen molar-refractivity contribution in [3.05, 3.63) is 77.0 Å². The summed E-state index contributed by atoms with van der Waals surface area (Å²) in [7, 11) is 0. The van der Waals surface area contributed by atoms with E-state index < -0.39 is 11.8 Å². The van der Waals surface area contributed by atoms with Crippen LogP contribution in [0.3, 0.4) is 0 Å². The second kappa shape index (κ2) is 6.52. The van der Waals surface area contributed by atoms with Crippen LogP contribution in [0.2, 0.25) is 0 Å². The van der Waals surface area contributed by atoms with Gasteiger partial charge in [0.25, 0.3) is 0 Å². The first-order valence-electron chi connectivity index (χ1n) is 7.77. The highest BCUT2D eigenvalue weighted by Gasteiger charge is 2.34. The standard InChI is InChI=1S/C19H21NO3/c1-19(2)22-14-17(23-19)13-20(21)18(15-9-5-3-6-10-15)16-11-7-4-8-12-16/h3-13,17-18H,14H2,1-2H3/b20-13-/t17-/m0/s1. The fraction of sp³-hybridized carbons (Fsp3) is 0.316. The van der Waals surface area contributed by atoms with Gasteiger partial charge in [0.1, 0.15) is 0 Å². The number of benzene rings is 2. The Labute approximate surface area is 136 Å². The molecule has 1 atom stereocenters. The van der Waals surface area contributed by atoms with Crippen LogP contribution in [0.25, 0.3) is 0 Å². The van der Waals surface area contributed by atoms with E-state index in [1.54, 1.807) is 6.21 Å². The highest BCUT2D eigenvalue weighted by Crippen LogP contribution is 2.26. The average Bonchev–Trinajstić information content (AvgIpc) is 2.88. The normalized spacial score (nSPS) is 20.8. The first kappa shape index (κ1) is 15.7. The molecule has 1 aliphatic heterocycles. The van der Waals surface area contributed by atoms with Crippen molar-refractivity contribution in [2.24, 2.45) is 0 Å². The topological polar surface area (TPSA) is 44.5 Å². The zero-order valence-corrected chi connectivity index (χ0v) is 13.4. The van der Waals surface area contributed by atoms with E-state index in [0.717, 1.165) is 15.9 Å². The van der Waals surface area contributed by atoms with Crippen LogP contribution in [-0.2, 0) is 9.47 Å². The van der Waals surface area contributed by atoms with Gasteiger partial charge in [0.05, 0.1) is 6.61 Å². The molecule has 0 saturated carbocycles. The van der Waals surface area contributed by atoms with E-state index in [2.05, 4.69) is 0 Å². The van der Waals surface area contributed by atoms with Crippen LogP contribution in [0.4, 0.5) is 0 Å². The molecule has 0 spiro atoms. The van der Waals surface area contributed by atoms with Gasteiger partial charge in [-0.2, -0.15) is 0 Å². The van der Waals surface area contributed by atoms with Gasteiger partial charge in [-0.3, -0.25) is 0 Å². The van der Waals surface area contributed by atoms with Gasteiger partial charge in [-0.25, -0.2) is 4.74 Å². The molecule has 0 aliphatic carbocycles. The Hall–Kier alpha value is -2.17. The molecule has 3 rings (SSSR count). The lowest BCUT2D eigenvalue weighted by Crippen LogP contribution is -2.26. The van der Waals surface area contributed by atoms with Crippen molar-refractivity contribution in [2.75, 3.05) is 6.61 Å². The third kappa shape index (κ3) is 3.78. The van der Waals surface area contributed by atoms with E-state index in [9.17, 15) is 5.21 Å². The first-order chi connectivity index (χ1) is 11.1. The molecule has 0 aromatic heterocycles. The maximum absolute atomic E-state index is 12.8. The molecule has 2 aromatic carbocycles. The fourth-order valence-corrected chi connectivity index (χ4v) is 2.80. The molecule has 4 nitrogen and oxygen atoms in total. The summed E-state index contributed by atoms with van der Waals surface area (Å²) >= 11 is 0. The smallest absolute Gasteiger partial charge is 0.213 e. The first-order valence-corrected chi connectivity index (χ1v) is 7.77. The Morgan fingerprint density at radius 3 is 2.00 bits per heavy atom. The van der Waals surface area contributed by atoms with Crippen molar-refractivity contribution < 1.29 is 14.2 Å². The molecule has 0 amide bonds. The molecular weight excluding hydrogens is 290 g/mol. The third-order valence-corrected chi connectivity index (χ3v) is 3.83. The van der Waals surface area contributed by atoms with Crippen LogP contribution < -0.4 is 0 Å². The summed E-state index contributed by atoms with van der Waals surface area (Å²) in [6.45, 7) is 4.09. The molecule has 0 N–H and O–H groups in total. The Kier molecular flexibility index (Phi) is 4.46. The van der Waals surface area contributed by atoms with E-state index in [4.69, 9.17) is 9.47 Å². The number of hydrogen-bond acceptors (Lipinski definition) is 3. The van der Waals surface area contributed by atoms with Gasteiger partial charge >= 0.3 is 0 Å². The largest absolute Gasteiger partial charge is 0.623 e. The summed E-state index contributed by atoms with van der Waals surface area (Å²) in [6.07, 6.45) is 1.23. The fourth-order valence-electron chi connectivity index (χ4n) is 2.80. The van der Waals surface area contributed by atoms with Crippen LogP contribution in [0.1, 0.15) is 31.0 Å². The van der Waals surface area contributed by atoms with E-state index in [0.29, 0.717) is 6.61 Å². The molecule has 0 radical (unpaired) electrons. The summed E-state index contributed by atoms with van der Waals surface area (Å²) in [5.41, 5.74) is 1.89. The number of rotatable bonds is 4. The molecule has 1 fully saturated rings. The quantitative estimate of drug-likeness (QED) is 0.376. The van der Waals surface area contributed by atoms with Crippen molar-refractivity contribution in [2.45, 2.75) is 31.8 Å². The molecule has 23 heavy (non-hydrogen) atoms. The monoisotopic (exact) mass is 311 g/mol. The third-order valence-electron chi connectivity index (χ3n) is 3.83. The lowest BCUT2D eigenvalue weighted by Gasteiger charge is -2.19. The van der Waals surface area contributed by atoms with Gasteiger partial charge in [-0.1, -0.05) is 60.7 Å². The van der Waals surface area contributed by atoms with Crippen molar-refractivity contribution in [3.63, 3.8) is 0 Å². The van der Waals surface area contributed by atoms with Gasteiger partial charge in [0.2, 0.25) is 6.04 Å². The zero-order chi connectivity index (χ0) is 16.3. The minimum atomic E-state index is -0.642. The predicted octanol–water partition coefficient (Wildman–Crippen LogP) is 3.51. The molecule has 2 aromatic rings. The van der Waals surface area contributed by atoms with E-state index in [1.165, 1.54) is 0 Å². The van der Waals surface area contributed by atoms with Crippen molar-refractivity contribution in [3.8, 4) is 0 Å². The van der Waals surface area contributed by atoms with Gasteiger partial charge in [0, 0.05) is 11.1 Å². The summed E-state index contributed by atoms with van der Waals surface area (Å²) in [6, 6.07) is 19.1. The molecular formula is C19H21NO3. The highest BCUT2D eigenvalue weighted by atomic mass is 16.7. The Morgan fingerprint density at radius 1 is 1.04 bits per heavy atom. The van der Waals surface area contributed by atoms with Crippen molar-refractivity contribution in [1.82, 2.24) is 0 Å². The maximum atomic E-state index is 12.8. The van der Waals surface area contributed by atoms with Crippen LogP contribution in [0.5, 0.6) is 0 Å². The minimum absolute atomic E-state index is 0.336. The second-order valence-electron chi connectivity index (χ2n) is 6.10. The Morgan fingerprint density at radius 2 is 1.57 bits per heavy atom. The van der Waals surface area contributed by atoms with Crippen LogP contribution in [0.15, 0.2) is 60.7 Å². The average molecular weight is 311 g/mol. The Balaban J connectivity index is 1.93. The molecule has 1 aliphatic rings. The summed E-state index contributed by atoms with van der Waals surface area (Å²) in [5, 5.41) is 12.8. The zero-order valence-electron chi connectivity index (χ0n) is 13.4. The summed E-state index contributed by atoms with van der Waals surface area (Å²) < 4.78 is 12.2. The van der Waals surface area contributed by atoms with Gasteiger partial charge < -0.3 is 14.7 Å². The van der Waals surface area contributed by atoms with Gasteiger partial charge in [-0.15, -0.1) is 0 Å². The molecule has 1 saturated heterocycles. The minimum Gasteiger partial charge on any atom is -0.623 e. The van der Waals surface area contributed by atoms with Crippen LogP contribution >= 0.6 is 0 Å². The van der Waals surface area contributed by atoms with E-state index in [-0.39, 0.29) is 6.10 Å².